The second kappa shape index (κ2) is 8.66. The second-order valence-corrected chi connectivity index (χ2v) is 7.90. The lowest BCUT2D eigenvalue weighted by Gasteiger charge is -2.33. The maximum absolute atomic E-state index is 14.8. The first-order valence-corrected chi connectivity index (χ1v) is 9.92. The van der Waals surface area contributed by atoms with Crippen LogP contribution in [0.15, 0.2) is 30.3 Å². The van der Waals surface area contributed by atoms with Gasteiger partial charge in [-0.25, -0.2) is 4.39 Å². The van der Waals surface area contributed by atoms with Gasteiger partial charge in [-0.1, -0.05) is 23.2 Å². The highest BCUT2D eigenvalue weighted by molar-refractivity contribution is 6.42. The third kappa shape index (κ3) is 3.92. The number of aromatic nitrogens is 2. The van der Waals surface area contributed by atoms with Crippen LogP contribution in [0.25, 0.3) is 10.9 Å². The Morgan fingerprint density at radius 2 is 2.10 bits per heavy atom. The zero-order valence-electron chi connectivity index (χ0n) is 15.8. The molecule has 1 aromatic heterocycles. The normalized spacial score (nSPS) is 18.8. The molecule has 1 atom stereocenters. The van der Waals surface area contributed by atoms with Crippen molar-refractivity contribution in [3.05, 3.63) is 57.5 Å². The predicted molar refractivity (Wildman–Crippen MR) is 118 cm³/mol. The van der Waals surface area contributed by atoms with Crippen LogP contribution >= 0.6 is 35.6 Å². The summed E-state index contributed by atoms with van der Waals surface area (Å²) in [6.07, 6.45) is 0.664. The molecular weight excluding hydrogens is 438 g/mol. The van der Waals surface area contributed by atoms with Crippen LogP contribution in [0.4, 0.5) is 10.1 Å². The lowest BCUT2D eigenvalue weighted by atomic mass is 9.88. The van der Waals surface area contributed by atoms with Gasteiger partial charge in [0.1, 0.15) is 5.82 Å². The number of halogens is 4. The molecule has 2 aromatic carbocycles. The number of fused-ring (bicyclic) bond motifs is 1. The summed E-state index contributed by atoms with van der Waals surface area (Å²) in [5, 5.41) is 22.2. The van der Waals surface area contributed by atoms with Crippen molar-refractivity contribution in [1.29, 1.82) is 0 Å². The monoisotopic (exact) mass is 458 g/mol. The number of aryl methyl sites for hydroxylation is 1. The zero-order chi connectivity index (χ0) is 19.9. The molecule has 4 rings (SSSR count). The van der Waals surface area contributed by atoms with Crippen molar-refractivity contribution in [2.75, 3.05) is 25.0 Å². The van der Waals surface area contributed by atoms with E-state index in [1.54, 1.807) is 4.68 Å². The molecule has 1 unspecified atom stereocenters. The minimum Gasteiger partial charge on any atom is -0.394 e. The summed E-state index contributed by atoms with van der Waals surface area (Å²) in [6, 6.07) is 8.74. The Hall–Kier alpha value is -1.57. The van der Waals surface area contributed by atoms with Gasteiger partial charge < -0.3 is 15.7 Å². The third-order valence-electron chi connectivity index (χ3n) is 5.31. The first kappa shape index (κ1) is 22.1. The molecule has 156 valence electrons. The maximum atomic E-state index is 14.8. The summed E-state index contributed by atoms with van der Waals surface area (Å²) >= 11 is 12.6. The van der Waals surface area contributed by atoms with Crippen molar-refractivity contribution >= 4 is 52.2 Å². The first-order chi connectivity index (χ1) is 13.4. The van der Waals surface area contributed by atoms with Crippen LogP contribution in [0, 0.1) is 12.7 Å². The predicted octanol–water partition coefficient (Wildman–Crippen LogP) is 4.51. The highest BCUT2D eigenvalue weighted by atomic mass is 35.5. The Morgan fingerprint density at radius 1 is 1.31 bits per heavy atom. The van der Waals surface area contributed by atoms with Gasteiger partial charge in [0.05, 0.1) is 39.9 Å². The molecule has 0 bridgehead atoms. The van der Waals surface area contributed by atoms with Gasteiger partial charge in [0, 0.05) is 23.2 Å². The van der Waals surface area contributed by atoms with Gasteiger partial charge in [-0.2, -0.15) is 5.10 Å². The fraction of sp³-hybridized carbons (Fsp3) is 0.350. The standard InChI is InChI=1S/C20H21Cl2FN4O.ClH/c1-12-14-3-2-13(10-17(14)27(26-12)8-9-28)25-20(6-7-24-11-20)18-16(23)5-4-15(21)19(18)22;/h2-5,10,24-25,28H,6-9,11H2,1H3;1H. The molecule has 0 aliphatic carbocycles. The van der Waals surface area contributed by atoms with E-state index in [0.717, 1.165) is 28.8 Å². The minimum atomic E-state index is -0.712. The number of benzene rings is 2. The van der Waals surface area contributed by atoms with Crippen LogP contribution in [0.1, 0.15) is 17.7 Å². The number of hydrogen-bond acceptors (Lipinski definition) is 4. The molecule has 0 radical (unpaired) electrons. The Kier molecular flexibility index (Phi) is 6.61. The van der Waals surface area contributed by atoms with E-state index >= 15 is 0 Å². The largest absolute Gasteiger partial charge is 0.394 e. The van der Waals surface area contributed by atoms with E-state index < -0.39 is 5.54 Å². The quantitative estimate of drug-likeness (QED) is 0.492. The van der Waals surface area contributed by atoms with Gasteiger partial charge in [0.25, 0.3) is 0 Å². The number of aliphatic hydroxyl groups excluding tert-OH is 1. The number of hydrogen-bond donors (Lipinski definition) is 3. The number of rotatable bonds is 5. The molecule has 1 aliphatic rings. The van der Waals surface area contributed by atoms with Crippen molar-refractivity contribution < 1.29 is 9.50 Å². The van der Waals surface area contributed by atoms with Gasteiger partial charge in [0.15, 0.2) is 0 Å². The second-order valence-electron chi connectivity index (χ2n) is 7.12. The molecule has 2 heterocycles. The van der Waals surface area contributed by atoms with Crippen LogP contribution in [0.5, 0.6) is 0 Å². The molecule has 1 fully saturated rings. The van der Waals surface area contributed by atoms with E-state index in [-0.39, 0.29) is 29.9 Å². The Bertz CT molecular complexity index is 1030. The average Bonchev–Trinajstić information content (AvgIpc) is 3.25. The molecule has 5 nitrogen and oxygen atoms in total. The van der Waals surface area contributed by atoms with E-state index in [9.17, 15) is 9.50 Å². The van der Waals surface area contributed by atoms with E-state index in [0.29, 0.717) is 30.1 Å². The van der Waals surface area contributed by atoms with Crippen molar-refractivity contribution in [3.63, 3.8) is 0 Å². The maximum Gasteiger partial charge on any atom is 0.130 e. The molecule has 9 heteroatoms. The molecule has 1 aliphatic heterocycles. The van der Waals surface area contributed by atoms with Gasteiger partial charge >= 0.3 is 0 Å². The molecule has 3 aromatic rings. The summed E-state index contributed by atoms with van der Waals surface area (Å²) in [5.41, 5.74) is 2.31. The zero-order valence-corrected chi connectivity index (χ0v) is 18.1. The molecule has 1 saturated heterocycles. The number of anilines is 1. The van der Waals surface area contributed by atoms with Gasteiger partial charge in [-0.05, 0) is 50.2 Å². The summed E-state index contributed by atoms with van der Waals surface area (Å²) < 4.78 is 16.6. The van der Waals surface area contributed by atoms with E-state index in [1.165, 1.54) is 12.1 Å². The Balaban J connectivity index is 0.00000240. The Morgan fingerprint density at radius 3 is 2.79 bits per heavy atom. The van der Waals surface area contributed by atoms with Gasteiger partial charge in [0.2, 0.25) is 0 Å². The summed E-state index contributed by atoms with van der Waals surface area (Å²) in [7, 11) is 0. The lowest BCUT2D eigenvalue weighted by Crippen LogP contribution is -2.39. The molecule has 29 heavy (non-hydrogen) atoms. The smallest absolute Gasteiger partial charge is 0.130 e. The van der Waals surface area contributed by atoms with Crippen molar-refractivity contribution in [1.82, 2.24) is 15.1 Å². The number of nitrogens with one attached hydrogen (secondary N) is 2. The number of aliphatic hydroxyl groups is 1. The van der Waals surface area contributed by atoms with E-state index in [1.807, 2.05) is 25.1 Å². The lowest BCUT2D eigenvalue weighted by molar-refractivity contribution is 0.271. The van der Waals surface area contributed by atoms with Crippen molar-refractivity contribution in [2.45, 2.75) is 25.4 Å². The summed E-state index contributed by atoms with van der Waals surface area (Å²) in [5.74, 6) is -0.382. The van der Waals surface area contributed by atoms with Gasteiger partial charge in [-0.15, -0.1) is 12.4 Å². The highest BCUT2D eigenvalue weighted by Crippen LogP contribution is 2.41. The van der Waals surface area contributed by atoms with Crippen LogP contribution in [-0.4, -0.2) is 34.6 Å². The first-order valence-electron chi connectivity index (χ1n) is 9.16. The SMILES string of the molecule is Cc1nn(CCO)c2cc(NC3(c4c(F)ccc(Cl)c4Cl)CCNC3)ccc12.Cl. The molecular formula is C20H22Cl3FN4O. The molecule has 0 saturated carbocycles. The molecule has 0 amide bonds. The van der Waals surface area contributed by atoms with Crippen LogP contribution in [-0.2, 0) is 12.1 Å². The van der Waals surface area contributed by atoms with Crippen LogP contribution in [0.3, 0.4) is 0 Å². The van der Waals surface area contributed by atoms with Crippen LogP contribution in [0.2, 0.25) is 10.0 Å². The number of nitrogens with zero attached hydrogens (tertiary/aromatic N) is 2. The Labute approximate surface area is 184 Å². The summed E-state index contributed by atoms with van der Waals surface area (Å²) in [4.78, 5) is 0. The molecule has 0 spiro atoms. The van der Waals surface area contributed by atoms with Crippen LogP contribution < -0.4 is 10.6 Å². The van der Waals surface area contributed by atoms with E-state index in [4.69, 9.17) is 23.2 Å². The highest BCUT2D eigenvalue weighted by Gasteiger charge is 2.40. The average molecular weight is 460 g/mol. The van der Waals surface area contributed by atoms with E-state index in [2.05, 4.69) is 15.7 Å². The van der Waals surface area contributed by atoms with Crippen molar-refractivity contribution in [3.8, 4) is 0 Å². The third-order valence-corrected chi connectivity index (χ3v) is 6.11. The topological polar surface area (TPSA) is 62.1 Å². The van der Waals surface area contributed by atoms with Gasteiger partial charge in [-0.3, -0.25) is 4.68 Å². The molecule has 3 N–H and O–H groups in total. The fourth-order valence-corrected chi connectivity index (χ4v) is 4.49. The van der Waals surface area contributed by atoms with Crippen molar-refractivity contribution in [2.24, 2.45) is 0 Å². The minimum absolute atomic E-state index is 0. The summed E-state index contributed by atoms with van der Waals surface area (Å²) in [6.45, 7) is 3.61. The fourth-order valence-electron chi connectivity index (χ4n) is 4.00.